The summed E-state index contributed by atoms with van der Waals surface area (Å²) < 4.78 is 0. The molecule has 0 saturated carbocycles. The molecule has 0 saturated heterocycles. The Kier molecular flexibility index (Phi) is 4.40. The normalized spacial score (nSPS) is 8.36. The Morgan fingerprint density at radius 1 is 1.64 bits per heavy atom. The molecule has 1 aromatic heterocycles. The molecule has 0 fully saturated rings. The standard InChI is InChI=1S/C6H5NO3.Ca.2H/c8-5-1-2-7-3-4(5)6(9)10;;;/h1-3H,(H,7,8)(H,9,10);;;/q;+2;2*-1. The molecule has 0 aliphatic carbocycles. The second kappa shape index (κ2) is 4.54. The van der Waals surface area contributed by atoms with Crippen LogP contribution >= 0.6 is 0 Å². The van der Waals surface area contributed by atoms with E-state index in [4.69, 9.17) is 5.11 Å². The smallest absolute Gasteiger partial charge is 1.00 e. The van der Waals surface area contributed by atoms with Crippen LogP contribution in [0.4, 0.5) is 0 Å². The van der Waals surface area contributed by atoms with Crippen LogP contribution in [0.15, 0.2) is 23.3 Å². The first-order chi connectivity index (χ1) is 4.72. The number of aromatic carboxylic acids is 1. The van der Waals surface area contributed by atoms with Crippen molar-refractivity contribution in [2.45, 2.75) is 0 Å². The summed E-state index contributed by atoms with van der Waals surface area (Å²) in [6, 6.07) is 1.17. The Morgan fingerprint density at radius 2 is 2.27 bits per heavy atom. The molecule has 0 bridgehead atoms. The maximum atomic E-state index is 10.7. The molecule has 4 nitrogen and oxygen atoms in total. The fourth-order valence-corrected chi connectivity index (χ4v) is 0.583. The Balaban J connectivity index is -0.000000333. The van der Waals surface area contributed by atoms with Crippen LogP contribution in [0.1, 0.15) is 13.2 Å². The van der Waals surface area contributed by atoms with E-state index in [0.29, 0.717) is 0 Å². The van der Waals surface area contributed by atoms with Gasteiger partial charge in [0.25, 0.3) is 0 Å². The van der Waals surface area contributed by atoms with Crippen LogP contribution in [0, 0.1) is 0 Å². The number of aromatic amines is 1. The van der Waals surface area contributed by atoms with Gasteiger partial charge in [-0.25, -0.2) is 4.79 Å². The minimum absolute atomic E-state index is 0. The predicted molar refractivity (Wildman–Crippen MR) is 42.0 cm³/mol. The number of carboxylic acids is 1. The van der Waals surface area contributed by atoms with E-state index in [1.807, 2.05) is 0 Å². The zero-order chi connectivity index (χ0) is 7.56. The van der Waals surface area contributed by atoms with Crippen LogP contribution < -0.4 is 5.43 Å². The van der Waals surface area contributed by atoms with Crippen molar-refractivity contribution >= 4 is 43.7 Å². The molecule has 1 heterocycles. The maximum absolute atomic E-state index is 10.7. The Hall–Kier alpha value is -0.320. The third-order valence-electron chi connectivity index (χ3n) is 1.05. The maximum Gasteiger partial charge on any atom is 2.00 e. The third-order valence-corrected chi connectivity index (χ3v) is 1.05. The zero-order valence-corrected chi connectivity index (χ0v) is 7.91. The first-order valence-corrected chi connectivity index (χ1v) is 2.62. The summed E-state index contributed by atoms with van der Waals surface area (Å²) in [6.07, 6.45) is 2.54. The molecule has 0 unspecified atom stereocenters. The number of rotatable bonds is 1. The van der Waals surface area contributed by atoms with Crippen molar-refractivity contribution in [2.24, 2.45) is 0 Å². The summed E-state index contributed by atoms with van der Waals surface area (Å²) in [4.78, 5) is 23.4. The Labute approximate surface area is 95.2 Å². The van der Waals surface area contributed by atoms with E-state index in [0.717, 1.165) is 6.20 Å². The van der Waals surface area contributed by atoms with Gasteiger partial charge in [-0.2, -0.15) is 0 Å². The van der Waals surface area contributed by atoms with E-state index in [1.54, 1.807) is 0 Å². The largest absolute Gasteiger partial charge is 2.00 e. The third kappa shape index (κ3) is 2.65. The molecule has 0 aromatic carbocycles. The quantitative estimate of drug-likeness (QED) is 0.595. The second-order valence-electron chi connectivity index (χ2n) is 1.73. The summed E-state index contributed by atoms with van der Waals surface area (Å²) in [5.41, 5.74) is -0.714. The van der Waals surface area contributed by atoms with Crippen LogP contribution in [0.25, 0.3) is 0 Å². The van der Waals surface area contributed by atoms with Crippen molar-refractivity contribution in [3.05, 3.63) is 34.2 Å². The molecule has 11 heavy (non-hydrogen) atoms. The van der Waals surface area contributed by atoms with Crippen LogP contribution in [0.3, 0.4) is 0 Å². The monoisotopic (exact) mass is 181 g/mol. The van der Waals surface area contributed by atoms with E-state index < -0.39 is 11.4 Å². The van der Waals surface area contributed by atoms with Gasteiger partial charge < -0.3 is 12.9 Å². The van der Waals surface area contributed by atoms with Crippen molar-refractivity contribution in [3.63, 3.8) is 0 Å². The van der Waals surface area contributed by atoms with Gasteiger partial charge >= 0.3 is 43.7 Å². The molecule has 1 rings (SSSR count). The first kappa shape index (κ1) is 10.7. The summed E-state index contributed by atoms with van der Waals surface area (Å²) in [5, 5.41) is 8.35. The van der Waals surface area contributed by atoms with Crippen LogP contribution in [-0.4, -0.2) is 53.8 Å². The number of H-pyrrole nitrogens is 1. The number of nitrogens with one attached hydrogen (secondary N) is 1. The van der Waals surface area contributed by atoms with Crippen LogP contribution in [-0.2, 0) is 0 Å². The van der Waals surface area contributed by atoms with Gasteiger partial charge in [-0.15, -0.1) is 0 Å². The van der Waals surface area contributed by atoms with E-state index >= 15 is 0 Å². The predicted octanol–water partition coefficient (Wildman–Crippen LogP) is -0.0827. The SMILES string of the molecule is O=C(O)c1c[nH]ccc1=O.[Ca+2].[H-].[H-]. The summed E-state index contributed by atoms with van der Waals surface area (Å²) >= 11 is 0. The Morgan fingerprint density at radius 3 is 2.64 bits per heavy atom. The molecule has 0 spiro atoms. The van der Waals surface area contributed by atoms with Crippen LogP contribution in [0.2, 0.25) is 0 Å². The number of hydrogen-bond acceptors (Lipinski definition) is 2. The van der Waals surface area contributed by atoms with E-state index in [9.17, 15) is 9.59 Å². The van der Waals surface area contributed by atoms with Gasteiger partial charge in [0, 0.05) is 18.5 Å². The number of carboxylic acid groups (broad SMARTS) is 1. The van der Waals surface area contributed by atoms with Gasteiger partial charge in [0.1, 0.15) is 5.56 Å². The van der Waals surface area contributed by atoms with Gasteiger partial charge in [-0.05, 0) is 0 Å². The number of carbonyl (C=O) groups is 1. The van der Waals surface area contributed by atoms with Gasteiger partial charge in [0.15, 0.2) is 5.43 Å². The second-order valence-corrected chi connectivity index (χ2v) is 1.73. The molecule has 0 amide bonds. The minimum atomic E-state index is -1.21. The molecule has 1 aromatic rings. The van der Waals surface area contributed by atoms with Crippen molar-refractivity contribution < 1.29 is 12.8 Å². The van der Waals surface area contributed by atoms with Gasteiger partial charge in [-0.1, -0.05) is 0 Å². The fraction of sp³-hybridized carbons (Fsp3) is 0. The molecule has 56 valence electrons. The van der Waals surface area contributed by atoms with Crippen molar-refractivity contribution in [3.8, 4) is 0 Å². The van der Waals surface area contributed by atoms with Crippen LogP contribution in [0.5, 0.6) is 0 Å². The molecule has 0 atom stereocenters. The van der Waals surface area contributed by atoms with E-state index in [-0.39, 0.29) is 46.2 Å². The number of hydrogen-bond donors (Lipinski definition) is 2. The molecular formula is C6H7CaNO3. The molecule has 0 radical (unpaired) electrons. The van der Waals surface area contributed by atoms with Gasteiger partial charge in [0.2, 0.25) is 0 Å². The van der Waals surface area contributed by atoms with Crippen molar-refractivity contribution in [1.82, 2.24) is 4.98 Å². The molecule has 2 N–H and O–H groups in total. The van der Waals surface area contributed by atoms with Crippen molar-refractivity contribution in [2.75, 3.05) is 0 Å². The zero-order valence-electron chi connectivity index (χ0n) is 7.70. The van der Waals surface area contributed by atoms with E-state index in [2.05, 4.69) is 4.98 Å². The molecule has 5 heteroatoms. The summed E-state index contributed by atoms with van der Waals surface area (Å²) in [6.45, 7) is 0. The van der Waals surface area contributed by atoms with Gasteiger partial charge in [-0.3, -0.25) is 4.79 Å². The molecule has 0 aliphatic rings. The minimum Gasteiger partial charge on any atom is -1.00 e. The topological polar surface area (TPSA) is 70.2 Å². The van der Waals surface area contributed by atoms with Crippen molar-refractivity contribution in [1.29, 1.82) is 0 Å². The van der Waals surface area contributed by atoms with E-state index in [1.165, 1.54) is 12.3 Å². The fourth-order valence-electron chi connectivity index (χ4n) is 0.583. The number of pyridine rings is 1. The molecule has 0 aliphatic heterocycles. The Bertz CT molecular complexity index is 315. The van der Waals surface area contributed by atoms with Gasteiger partial charge in [0.05, 0.1) is 0 Å². The summed E-state index contributed by atoms with van der Waals surface area (Å²) in [7, 11) is 0. The average Bonchev–Trinajstić information content (AvgIpc) is 1.88. The summed E-state index contributed by atoms with van der Waals surface area (Å²) in [5.74, 6) is -1.21. The first-order valence-electron chi connectivity index (χ1n) is 2.62. The average molecular weight is 181 g/mol. The number of aromatic nitrogens is 1. The molecular weight excluding hydrogens is 174 g/mol.